The van der Waals surface area contributed by atoms with Gasteiger partial charge in [-0.2, -0.15) is 0 Å². The fourth-order valence-electron chi connectivity index (χ4n) is 2.39. The van der Waals surface area contributed by atoms with Crippen molar-refractivity contribution in [3.05, 3.63) is 64.4 Å². The maximum absolute atomic E-state index is 13.5. The summed E-state index contributed by atoms with van der Waals surface area (Å²) in [6, 6.07) is 11.6. The van der Waals surface area contributed by atoms with Crippen LogP contribution in [0.25, 0.3) is 22.6 Å². The smallest absolute Gasteiger partial charge is 0.173 e. The lowest BCUT2D eigenvalue weighted by atomic mass is 10.00. The second-order valence-corrected chi connectivity index (χ2v) is 5.34. The van der Waals surface area contributed by atoms with Crippen LogP contribution < -0.4 is 0 Å². The minimum absolute atomic E-state index is 0.282. The first-order valence-corrected chi connectivity index (χ1v) is 7.10. The SMILES string of the molecule is Cc1ccccc1-c1onc(-c2cc(F)ccc2Cl)c1CO. The molecule has 0 saturated carbocycles. The van der Waals surface area contributed by atoms with Gasteiger partial charge >= 0.3 is 0 Å². The predicted octanol–water partition coefficient (Wildman–Crippen LogP) is 4.60. The molecule has 0 saturated heterocycles. The molecule has 0 aliphatic carbocycles. The van der Waals surface area contributed by atoms with Crippen molar-refractivity contribution in [2.75, 3.05) is 0 Å². The van der Waals surface area contributed by atoms with Gasteiger partial charge in [-0.15, -0.1) is 0 Å². The quantitative estimate of drug-likeness (QED) is 0.767. The second kappa shape index (κ2) is 5.91. The Labute approximate surface area is 132 Å². The van der Waals surface area contributed by atoms with Crippen LogP contribution in [0.15, 0.2) is 47.0 Å². The molecule has 0 spiro atoms. The molecule has 22 heavy (non-hydrogen) atoms. The van der Waals surface area contributed by atoms with Crippen LogP contribution in [0.1, 0.15) is 11.1 Å². The lowest BCUT2D eigenvalue weighted by Gasteiger charge is -2.05. The molecule has 0 bridgehead atoms. The van der Waals surface area contributed by atoms with Crippen molar-refractivity contribution in [1.82, 2.24) is 5.16 Å². The fourth-order valence-corrected chi connectivity index (χ4v) is 2.59. The van der Waals surface area contributed by atoms with E-state index < -0.39 is 5.82 Å². The van der Waals surface area contributed by atoms with Gasteiger partial charge in [-0.05, 0) is 30.7 Å². The minimum Gasteiger partial charge on any atom is -0.391 e. The number of hydrogen-bond acceptors (Lipinski definition) is 3. The van der Waals surface area contributed by atoms with Crippen molar-refractivity contribution in [2.45, 2.75) is 13.5 Å². The number of aliphatic hydroxyl groups excluding tert-OH is 1. The third kappa shape index (κ3) is 2.51. The normalized spacial score (nSPS) is 10.9. The summed E-state index contributed by atoms with van der Waals surface area (Å²) in [4.78, 5) is 0. The number of aromatic nitrogens is 1. The van der Waals surface area contributed by atoms with E-state index >= 15 is 0 Å². The van der Waals surface area contributed by atoms with Gasteiger partial charge < -0.3 is 9.63 Å². The molecule has 0 atom stereocenters. The largest absolute Gasteiger partial charge is 0.391 e. The molecule has 5 heteroatoms. The molecule has 1 aromatic heterocycles. The van der Waals surface area contributed by atoms with E-state index in [1.165, 1.54) is 18.2 Å². The summed E-state index contributed by atoms with van der Waals surface area (Å²) in [5.41, 5.74) is 3.06. The average molecular weight is 318 g/mol. The first kappa shape index (κ1) is 14.8. The van der Waals surface area contributed by atoms with Crippen molar-refractivity contribution in [2.24, 2.45) is 0 Å². The van der Waals surface area contributed by atoms with Gasteiger partial charge in [-0.3, -0.25) is 0 Å². The summed E-state index contributed by atoms with van der Waals surface area (Å²) >= 11 is 6.12. The van der Waals surface area contributed by atoms with Gasteiger partial charge in [0.15, 0.2) is 5.76 Å². The number of halogens is 2. The van der Waals surface area contributed by atoms with Gasteiger partial charge in [0.25, 0.3) is 0 Å². The number of nitrogens with zero attached hydrogens (tertiary/aromatic N) is 1. The summed E-state index contributed by atoms with van der Waals surface area (Å²) in [7, 11) is 0. The van der Waals surface area contributed by atoms with Crippen molar-refractivity contribution in [3.63, 3.8) is 0 Å². The first-order chi connectivity index (χ1) is 10.6. The molecule has 0 radical (unpaired) electrons. The van der Waals surface area contributed by atoms with E-state index in [0.29, 0.717) is 27.6 Å². The molecular weight excluding hydrogens is 305 g/mol. The average Bonchev–Trinajstić information content (AvgIpc) is 2.93. The van der Waals surface area contributed by atoms with Crippen molar-refractivity contribution < 1.29 is 14.0 Å². The molecule has 112 valence electrons. The molecule has 0 aliphatic heterocycles. The lowest BCUT2D eigenvalue weighted by Crippen LogP contribution is -1.91. The molecule has 3 rings (SSSR count). The number of aliphatic hydroxyl groups is 1. The highest BCUT2D eigenvalue weighted by molar-refractivity contribution is 6.33. The second-order valence-electron chi connectivity index (χ2n) is 4.94. The lowest BCUT2D eigenvalue weighted by molar-refractivity contribution is 0.281. The topological polar surface area (TPSA) is 46.3 Å². The van der Waals surface area contributed by atoms with Crippen LogP contribution in [-0.2, 0) is 6.61 Å². The van der Waals surface area contributed by atoms with Gasteiger partial charge in [0.1, 0.15) is 11.5 Å². The molecule has 0 amide bonds. The molecule has 2 aromatic carbocycles. The minimum atomic E-state index is -0.427. The monoisotopic (exact) mass is 317 g/mol. The highest BCUT2D eigenvalue weighted by Gasteiger charge is 2.21. The predicted molar refractivity (Wildman–Crippen MR) is 83.0 cm³/mol. The van der Waals surface area contributed by atoms with Crippen molar-refractivity contribution >= 4 is 11.6 Å². The van der Waals surface area contributed by atoms with E-state index in [4.69, 9.17) is 16.1 Å². The summed E-state index contributed by atoms with van der Waals surface area (Å²) in [5, 5.41) is 14.1. The highest BCUT2D eigenvalue weighted by Crippen LogP contribution is 2.36. The number of hydrogen-bond donors (Lipinski definition) is 1. The zero-order chi connectivity index (χ0) is 15.7. The molecule has 1 heterocycles. The third-order valence-electron chi connectivity index (χ3n) is 3.52. The first-order valence-electron chi connectivity index (χ1n) is 6.72. The Bertz CT molecular complexity index is 829. The fraction of sp³-hybridized carbons (Fsp3) is 0.118. The highest BCUT2D eigenvalue weighted by atomic mass is 35.5. The van der Waals surface area contributed by atoms with E-state index in [0.717, 1.165) is 11.1 Å². The van der Waals surface area contributed by atoms with E-state index in [1.54, 1.807) is 0 Å². The van der Waals surface area contributed by atoms with Crippen LogP contribution >= 0.6 is 11.6 Å². The van der Waals surface area contributed by atoms with E-state index in [-0.39, 0.29) is 6.61 Å². The molecule has 3 nitrogen and oxygen atoms in total. The zero-order valence-corrected chi connectivity index (χ0v) is 12.6. The van der Waals surface area contributed by atoms with Gasteiger partial charge in [0, 0.05) is 11.1 Å². The van der Waals surface area contributed by atoms with Crippen LogP contribution in [0.2, 0.25) is 5.02 Å². The summed E-state index contributed by atoms with van der Waals surface area (Å²) in [6.07, 6.45) is 0. The number of aryl methyl sites for hydroxylation is 1. The summed E-state index contributed by atoms with van der Waals surface area (Å²) < 4.78 is 18.9. The van der Waals surface area contributed by atoms with Gasteiger partial charge in [-0.1, -0.05) is 41.0 Å². The van der Waals surface area contributed by atoms with Crippen LogP contribution in [0.4, 0.5) is 4.39 Å². The van der Waals surface area contributed by atoms with Crippen molar-refractivity contribution in [1.29, 1.82) is 0 Å². The Morgan fingerprint density at radius 2 is 1.95 bits per heavy atom. The van der Waals surface area contributed by atoms with E-state index in [2.05, 4.69) is 5.16 Å². The Morgan fingerprint density at radius 1 is 1.18 bits per heavy atom. The Hall–Kier alpha value is -2.17. The van der Waals surface area contributed by atoms with Crippen LogP contribution in [0, 0.1) is 12.7 Å². The maximum Gasteiger partial charge on any atom is 0.173 e. The van der Waals surface area contributed by atoms with Crippen molar-refractivity contribution in [3.8, 4) is 22.6 Å². The Balaban J connectivity index is 2.20. The van der Waals surface area contributed by atoms with E-state index in [9.17, 15) is 9.50 Å². The third-order valence-corrected chi connectivity index (χ3v) is 3.85. The molecule has 3 aromatic rings. The summed E-state index contributed by atoms with van der Waals surface area (Å²) in [6.45, 7) is 1.66. The number of rotatable bonds is 3. The Kier molecular flexibility index (Phi) is 3.96. The molecule has 0 fully saturated rings. The number of benzene rings is 2. The summed E-state index contributed by atoms with van der Waals surface area (Å²) in [5.74, 6) is 0.0414. The molecular formula is C17H13ClFNO2. The van der Waals surface area contributed by atoms with Gasteiger partial charge in [0.05, 0.1) is 17.2 Å². The van der Waals surface area contributed by atoms with Crippen LogP contribution in [0.3, 0.4) is 0 Å². The molecule has 0 unspecified atom stereocenters. The van der Waals surface area contributed by atoms with E-state index in [1.807, 2.05) is 31.2 Å². The Morgan fingerprint density at radius 3 is 2.68 bits per heavy atom. The van der Waals surface area contributed by atoms with Gasteiger partial charge in [0.2, 0.25) is 0 Å². The van der Waals surface area contributed by atoms with Crippen LogP contribution in [0.5, 0.6) is 0 Å². The molecule has 0 aliphatic rings. The standard InChI is InChI=1S/C17H13ClFNO2/c1-10-4-2-3-5-12(10)17-14(9-21)16(20-22-17)13-8-11(19)6-7-15(13)18/h2-8,21H,9H2,1H3. The van der Waals surface area contributed by atoms with Gasteiger partial charge in [-0.25, -0.2) is 4.39 Å². The zero-order valence-electron chi connectivity index (χ0n) is 11.8. The van der Waals surface area contributed by atoms with Crippen LogP contribution in [-0.4, -0.2) is 10.3 Å². The maximum atomic E-state index is 13.5. The molecule has 1 N–H and O–H groups in total.